The van der Waals surface area contributed by atoms with Crippen molar-refractivity contribution in [2.24, 2.45) is 11.6 Å². The fourth-order valence-electron chi connectivity index (χ4n) is 1.04. The molecule has 8 nitrogen and oxygen atoms in total. The normalized spacial score (nSPS) is 9.56. The van der Waals surface area contributed by atoms with E-state index in [1.807, 2.05) is 0 Å². The number of nitro benzene ring substituents is 1. The molecule has 1 aromatic rings. The molecule has 4 N–H and O–H groups in total. The second kappa shape index (κ2) is 4.36. The lowest BCUT2D eigenvalue weighted by Gasteiger charge is -2.01. The van der Waals surface area contributed by atoms with Crippen LogP contribution in [0.5, 0.6) is 0 Å². The van der Waals surface area contributed by atoms with E-state index in [-0.39, 0.29) is 11.1 Å². The molecule has 0 saturated carbocycles. The summed E-state index contributed by atoms with van der Waals surface area (Å²) < 4.78 is 0. The van der Waals surface area contributed by atoms with Crippen LogP contribution >= 0.6 is 0 Å². The third-order valence-electron chi connectivity index (χ3n) is 1.76. The minimum absolute atomic E-state index is 0.172. The lowest BCUT2D eigenvalue weighted by Crippen LogP contribution is -2.15. The average molecular weight is 225 g/mol. The van der Waals surface area contributed by atoms with Crippen LogP contribution in [0.3, 0.4) is 0 Å². The van der Waals surface area contributed by atoms with Gasteiger partial charge in [0.15, 0.2) is 0 Å². The van der Waals surface area contributed by atoms with Crippen molar-refractivity contribution in [2.45, 2.75) is 0 Å². The van der Waals surface area contributed by atoms with Crippen LogP contribution in [-0.2, 0) is 4.84 Å². The van der Waals surface area contributed by atoms with Gasteiger partial charge in [-0.25, -0.2) is 4.79 Å². The highest BCUT2D eigenvalue weighted by Crippen LogP contribution is 2.17. The van der Waals surface area contributed by atoms with E-state index in [1.165, 1.54) is 0 Å². The average Bonchev–Trinajstić information content (AvgIpc) is 2.27. The standard InChI is InChI=1S/C8H7N3O5/c9-7(12)4-1-5(8(13)16-10)3-6(2-4)11(14)15/h1-3H,10H2,(H2,9,12). The van der Waals surface area contributed by atoms with Crippen LogP contribution in [0.2, 0.25) is 0 Å². The number of primary amides is 1. The van der Waals surface area contributed by atoms with Crippen LogP contribution in [0.15, 0.2) is 18.2 Å². The number of non-ortho nitro benzene ring substituents is 1. The Balaban J connectivity index is 3.35. The van der Waals surface area contributed by atoms with E-state index in [0.717, 1.165) is 18.2 Å². The van der Waals surface area contributed by atoms with Crippen molar-refractivity contribution in [2.75, 3.05) is 0 Å². The van der Waals surface area contributed by atoms with Gasteiger partial charge in [0.25, 0.3) is 5.69 Å². The minimum Gasteiger partial charge on any atom is -0.370 e. The number of nitro groups is 1. The number of hydrogen-bond donors (Lipinski definition) is 2. The summed E-state index contributed by atoms with van der Waals surface area (Å²) in [5.74, 6) is 2.73. The van der Waals surface area contributed by atoms with Gasteiger partial charge in [0.05, 0.1) is 10.5 Å². The van der Waals surface area contributed by atoms with Gasteiger partial charge in [0.2, 0.25) is 5.91 Å². The van der Waals surface area contributed by atoms with Gasteiger partial charge < -0.3 is 10.6 Å². The maximum atomic E-state index is 11.0. The SMILES string of the molecule is NOC(=O)c1cc(C(N)=O)cc([N+](=O)[O-])c1. The molecule has 16 heavy (non-hydrogen) atoms. The van der Waals surface area contributed by atoms with E-state index in [4.69, 9.17) is 5.73 Å². The summed E-state index contributed by atoms with van der Waals surface area (Å²) in [6.45, 7) is 0. The number of amides is 1. The zero-order chi connectivity index (χ0) is 12.3. The van der Waals surface area contributed by atoms with Crippen molar-refractivity contribution in [1.82, 2.24) is 0 Å². The van der Waals surface area contributed by atoms with Gasteiger partial charge in [-0.2, -0.15) is 5.90 Å². The third-order valence-corrected chi connectivity index (χ3v) is 1.76. The second-order valence-electron chi connectivity index (χ2n) is 2.80. The van der Waals surface area contributed by atoms with Gasteiger partial charge in [0.1, 0.15) is 0 Å². The smallest absolute Gasteiger partial charge is 0.356 e. The summed E-state index contributed by atoms with van der Waals surface area (Å²) in [6.07, 6.45) is 0. The Morgan fingerprint density at radius 1 is 1.25 bits per heavy atom. The molecule has 0 heterocycles. The van der Waals surface area contributed by atoms with Crippen molar-refractivity contribution in [3.8, 4) is 0 Å². The first kappa shape index (κ1) is 11.6. The zero-order valence-corrected chi connectivity index (χ0v) is 7.88. The number of nitrogens with two attached hydrogens (primary N) is 2. The number of rotatable bonds is 3. The Hall–Kier alpha value is -2.48. The molecule has 0 aliphatic carbocycles. The van der Waals surface area contributed by atoms with Gasteiger partial charge in [-0.1, -0.05) is 0 Å². The first-order chi connectivity index (χ1) is 7.45. The molecule has 1 aromatic carbocycles. The molecule has 0 aromatic heterocycles. The Morgan fingerprint density at radius 3 is 2.25 bits per heavy atom. The Bertz CT molecular complexity index is 438. The predicted molar refractivity (Wildman–Crippen MR) is 51.2 cm³/mol. The van der Waals surface area contributed by atoms with Crippen LogP contribution < -0.4 is 11.6 Å². The van der Waals surface area contributed by atoms with Crippen molar-refractivity contribution in [3.63, 3.8) is 0 Å². The second-order valence-corrected chi connectivity index (χ2v) is 2.80. The molecule has 0 aliphatic heterocycles. The molecule has 0 unspecified atom stereocenters. The summed E-state index contributed by atoms with van der Waals surface area (Å²) in [5, 5.41) is 10.5. The zero-order valence-electron chi connectivity index (χ0n) is 7.88. The molecule has 1 amide bonds. The van der Waals surface area contributed by atoms with E-state index < -0.39 is 22.5 Å². The minimum atomic E-state index is -0.994. The number of benzene rings is 1. The van der Waals surface area contributed by atoms with Gasteiger partial charge in [-0.05, 0) is 6.07 Å². The van der Waals surface area contributed by atoms with Crippen LogP contribution in [-0.4, -0.2) is 16.8 Å². The number of hydrogen-bond acceptors (Lipinski definition) is 6. The summed E-state index contributed by atoms with van der Waals surface area (Å²) in [7, 11) is 0. The highest BCUT2D eigenvalue weighted by Gasteiger charge is 2.17. The van der Waals surface area contributed by atoms with Gasteiger partial charge >= 0.3 is 5.97 Å². The fraction of sp³-hybridized carbons (Fsp3) is 0. The van der Waals surface area contributed by atoms with E-state index in [0.29, 0.717) is 0 Å². The lowest BCUT2D eigenvalue weighted by molar-refractivity contribution is -0.384. The molecular weight excluding hydrogens is 218 g/mol. The van der Waals surface area contributed by atoms with Gasteiger partial charge in [-0.15, -0.1) is 0 Å². The van der Waals surface area contributed by atoms with Crippen LogP contribution in [0.4, 0.5) is 5.69 Å². The first-order valence-corrected chi connectivity index (χ1v) is 3.96. The van der Waals surface area contributed by atoms with E-state index >= 15 is 0 Å². The van der Waals surface area contributed by atoms with E-state index in [9.17, 15) is 19.7 Å². The summed E-state index contributed by atoms with van der Waals surface area (Å²) in [5.41, 5.74) is 4.11. The molecule has 0 atom stereocenters. The van der Waals surface area contributed by atoms with Crippen molar-refractivity contribution in [3.05, 3.63) is 39.4 Å². The molecule has 84 valence electrons. The van der Waals surface area contributed by atoms with E-state index in [2.05, 4.69) is 10.7 Å². The monoisotopic (exact) mass is 225 g/mol. The molecule has 0 fully saturated rings. The Morgan fingerprint density at radius 2 is 1.81 bits per heavy atom. The Kier molecular flexibility index (Phi) is 3.16. The number of nitrogens with zero attached hydrogens (tertiary/aromatic N) is 1. The quantitative estimate of drug-likeness (QED) is 0.535. The molecular formula is C8H7N3O5. The van der Waals surface area contributed by atoms with Crippen molar-refractivity contribution < 1.29 is 19.3 Å². The largest absolute Gasteiger partial charge is 0.370 e. The molecule has 0 aliphatic rings. The molecule has 0 spiro atoms. The maximum Gasteiger partial charge on any atom is 0.356 e. The van der Waals surface area contributed by atoms with Crippen molar-refractivity contribution in [1.29, 1.82) is 0 Å². The summed E-state index contributed by atoms with van der Waals surface area (Å²) in [4.78, 5) is 35.5. The van der Waals surface area contributed by atoms with Crippen molar-refractivity contribution >= 4 is 17.6 Å². The lowest BCUT2D eigenvalue weighted by atomic mass is 10.1. The molecule has 0 bridgehead atoms. The fourth-order valence-corrected chi connectivity index (χ4v) is 1.04. The Labute approximate surface area is 88.9 Å². The topological polar surface area (TPSA) is 139 Å². The highest BCUT2D eigenvalue weighted by molar-refractivity contribution is 5.98. The first-order valence-electron chi connectivity index (χ1n) is 3.96. The van der Waals surface area contributed by atoms with E-state index in [1.54, 1.807) is 0 Å². The van der Waals surface area contributed by atoms with Gasteiger partial charge in [-0.3, -0.25) is 14.9 Å². The van der Waals surface area contributed by atoms with Gasteiger partial charge in [0, 0.05) is 17.7 Å². The summed E-state index contributed by atoms with van der Waals surface area (Å²) in [6, 6.07) is 2.95. The molecule has 0 saturated heterocycles. The number of carbonyl (C=O) groups excluding carboxylic acids is 2. The van der Waals surface area contributed by atoms with Crippen LogP contribution in [0, 0.1) is 10.1 Å². The highest BCUT2D eigenvalue weighted by atomic mass is 16.7. The molecule has 1 rings (SSSR count). The van der Waals surface area contributed by atoms with Crippen LogP contribution in [0.25, 0.3) is 0 Å². The van der Waals surface area contributed by atoms with Crippen LogP contribution in [0.1, 0.15) is 20.7 Å². The maximum absolute atomic E-state index is 11.0. The third kappa shape index (κ3) is 2.30. The molecule has 0 radical (unpaired) electrons. The number of carbonyl (C=O) groups is 2. The molecule has 8 heteroatoms. The summed E-state index contributed by atoms with van der Waals surface area (Å²) >= 11 is 0. The predicted octanol–water partition coefficient (Wildman–Crippen LogP) is -0.276.